The zero-order chi connectivity index (χ0) is 34.2. The monoisotopic (exact) mass is 688 g/mol. The number of hydrogen-bond acceptors (Lipinski definition) is 13. The van der Waals surface area contributed by atoms with Crippen molar-refractivity contribution in [1.82, 2.24) is 4.57 Å². The Morgan fingerprint density at radius 1 is 0.936 bits per heavy atom. The Bertz CT molecular complexity index is 1900. The summed E-state index contributed by atoms with van der Waals surface area (Å²) >= 11 is 7.59. The molecule has 250 valence electrons. The number of ether oxygens (including phenoxy) is 7. The Hall–Kier alpha value is -4.82. The molecule has 0 N–H and O–H groups in total. The van der Waals surface area contributed by atoms with Gasteiger partial charge in [0.25, 0.3) is 5.56 Å². The van der Waals surface area contributed by atoms with Crippen molar-refractivity contribution in [2.75, 3.05) is 47.8 Å². The zero-order valence-electron chi connectivity index (χ0n) is 26.5. The lowest BCUT2D eigenvalue weighted by Crippen LogP contribution is -2.40. The smallest absolute Gasteiger partial charge is 0.343 e. The molecule has 0 radical (unpaired) electrons. The first-order valence-corrected chi connectivity index (χ1v) is 15.5. The number of fused-ring (bicyclic) bond motifs is 1. The standard InChI is InChI=1S/C32H33ClN2O11S/c1-7-43-22-14-19(9-10-21(22)45-15-25(36)41-5)28-27(31(39)44-8-2)17(3)34-32-35(28)30(38)24(47-32)13-18-11-20(33)29(23(12-18)40-4)46-16-26(37)42-6/h9-14,28H,7-8,15-16H2,1-6H3/b24-13-/t28-/m1/s1. The zero-order valence-corrected chi connectivity index (χ0v) is 28.1. The molecule has 15 heteroatoms. The minimum absolute atomic E-state index is 0.110. The van der Waals surface area contributed by atoms with Crippen LogP contribution in [0.4, 0.5) is 0 Å². The van der Waals surface area contributed by atoms with Crippen molar-refractivity contribution in [3.8, 4) is 23.0 Å². The summed E-state index contributed by atoms with van der Waals surface area (Å²) in [5.74, 6) is -0.863. The van der Waals surface area contributed by atoms with E-state index in [0.29, 0.717) is 27.4 Å². The van der Waals surface area contributed by atoms with Gasteiger partial charge in [-0.1, -0.05) is 29.0 Å². The van der Waals surface area contributed by atoms with Gasteiger partial charge in [-0.05, 0) is 62.2 Å². The van der Waals surface area contributed by atoms with Crippen LogP contribution >= 0.6 is 22.9 Å². The Balaban J connectivity index is 1.86. The summed E-state index contributed by atoms with van der Waals surface area (Å²) < 4.78 is 38.7. The molecule has 1 atom stereocenters. The van der Waals surface area contributed by atoms with E-state index in [4.69, 9.17) is 35.3 Å². The lowest BCUT2D eigenvalue weighted by atomic mass is 9.95. The maximum Gasteiger partial charge on any atom is 0.343 e. The number of carbonyl (C=O) groups excluding carboxylic acids is 3. The van der Waals surface area contributed by atoms with Gasteiger partial charge >= 0.3 is 17.9 Å². The first-order chi connectivity index (χ1) is 22.6. The van der Waals surface area contributed by atoms with Crippen LogP contribution in [-0.2, 0) is 28.6 Å². The molecule has 0 unspecified atom stereocenters. The van der Waals surface area contributed by atoms with Gasteiger partial charge in [0.2, 0.25) is 0 Å². The lowest BCUT2D eigenvalue weighted by molar-refractivity contribution is -0.143. The van der Waals surface area contributed by atoms with Crippen molar-refractivity contribution >= 4 is 46.9 Å². The molecule has 0 spiro atoms. The highest BCUT2D eigenvalue weighted by molar-refractivity contribution is 7.07. The number of allylic oxidation sites excluding steroid dienone is 1. The molecule has 0 bridgehead atoms. The van der Waals surface area contributed by atoms with Gasteiger partial charge < -0.3 is 33.2 Å². The van der Waals surface area contributed by atoms with Crippen LogP contribution in [0.3, 0.4) is 0 Å². The van der Waals surface area contributed by atoms with Gasteiger partial charge in [0.15, 0.2) is 41.0 Å². The largest absolute Gasteiger partial charge is 0.493 e. The number of rotatable bonds is 13. The minimum atomic E-state index is -0.937. The van der Waals surface area contributed by atoms with E-state index in [1.807, 2.05) is 0 Å². The quantitative estimate of drug-likeness (QED) is 0.193. The Labute approximate surface area is 278 Å². The minimum Gasteiger partial charge on any atom is -0.493 e. The van der Waals surface area contributed by atoms with Crippen molar-refractivity contribution in [2.24, 2.45) is 4.99 Å². The summed E-state index contributed by atoms with van der Waals surface area (Å²) in [4.78, 5) is 55.6. The van der Waals surface area contributed by atoms with E-state index >= 15 is 0 Å². The number of halogens is 1. The predicted octanol–water partition coefficient (Wildman–Crippen LogP) is 2.96. The highest BCUT2D eigenvalue weighted by Crippen LogP contribution is 2.38. The fraction of sp³-hybridized carbons (Fsp3) is 0.344. The molecule has 1 aliphatic rings. The highest BCUT2D eigenvalue weighted by Gasteiger charge is 2.34. The fourth-order valence-electron chi connectivity index (χ4n) is 4.69. The second-order valence-corrected chi connectivity index (χ2v) is 11.1. The average Bonchev–Trinajstić information content (AvgIpc) is 3.35. The molecular formula is C32H33ClN2O11S. The van der Waals surface area contributed by atoms with Crippen molar-refractivity contribution < 1.29 is 47.5 Å². The van der Waals surface area contributed by atoms with Gasteiger partial charge in [-0.3, -0.25) is 9.36 Å². The van der Waals surface area contributed by atoms with Gasteiger partial charge in [0.05, 0.1) is 61.4 Å². The fourth-order valence-corrected chi connectivity index (χ4v) is 6.01. The van der Waals surface area contributed by atoms with Crippen molar-refractivity contribution in [1.29, 1.82) is 0 Å². The molecule has 2 aromatic carbocycles. The molecule has 0 amide bonds. The van der Waals surface area contributed by atoms with Crippen LogP contribution in [0.2, 0.25) is 5.02 Å². The molecule has 3 aromatic rings. The van der Waals surface area contributed by atoms with E-state index in [-0.39, 0.29) is 58.8 Å². The number of nitrogens with zero attached hydrogens (tertiary/aromatic N) is 2. The molecule has 0 saturated carbocycles. The Morgan fingerprint density at radius 2 is 1.64 bits per heavy atom. The SMILES string of the molecule is CCOC(=O)C1=C(C)N=c2s/c(=C\c3cc(Cl)c(OCC(=O)OC)c(OC)c3)c(=O)n2[C@@H]1c1ccc(OCC(=O)OC)c(OCC)c1. The topological polar surface area (TPSA) is 150 Å². The van der Waals surface area contributed by atoms with Gasteiger partial charge in [-0.15, -0.1) is 0 Å². The van der Waals surface area contributed by atoms with Crippen LogP contribution in [0.15, 0.2) is 51.4 Å². The third kappa shape index (κ3) is 7.77. The van der Waals surface area contributed by atoms with E-state index in [9.17, 15) is 19.2 Å². The summed E-state index contributed by atoms with van der Waals surface area (Å²) in [6.45, 7) is 4.81. The van der Waals surface area contributed by atoms with Crippen LogP contribution in [0.5, 0.6) is 23.0 Å². The number of carbonyl (C=O) groups is 3. The van der Waals surface area contributed by atoms with E-state index in [2.05, 4.69) is 14.5 Å². The van der Waals surface area contributed by atoms with Crippen LogP contribution in [0.1, 0.15) is 37.9 Å². The summed E-state index contributed by atoms with van der Waals surface area (Å²) in [5.41, 5.74) is 1.14. The van der Waals surface area contributed by atoms with E-state index in [1.54, 1.807) is 57.2 Å². The Morgan fingerprint density at radius 3 is 2.28 bits per heavy atom. The maximum atomic E-state index is 14.1. The van der Waals surface area contributed by atoms with Crippen LogP contribution in [0, 0.1) is 0 Å². The number of benzene rings is 2. The lowest BCUT2D eigenvalue weighted by Gasteiger charge is -2.25. The number of thiazole rings is 1. The molecule has 4 rings (SSSR count). The molecule has 2 heterocycles. The van der Waals surface area contributed by atoms with E-state index < -0.39 is 29.5 Å². The van der Waals surface area contributed by atoms with Crippen LogP contribution in [0.25, 0.3) is 6.08 Å². The van der Waals surface area contributed by atoms with Gasteiger partial charge in [-0.25, -0.2) is 19.4 Å². The highest BCUT2D eigenvalue weighted by atomic mass is 35.5. The van der Waals surface area contributed by atoms with Gasteiger partial charge in [0.1, 0.15) is 0 Å². The molecule has 0 saturated heterocycles. The first-order valence-electron chi connectivity index (χ1n) is 14.3. The van der Waals surface area contributed by atoms with Crippen LogP contribution in [-0.4, -0.2) is 70.2 Å². The van der Waals surface area contributed by atoms with Crippen molar-refractivity contribution in [3.63, 3.8) is 0 Å². The van der Waals surface area contributed by atoms with Crippen molar-refractivity contribution in [3.05, 3.63) is 77.4 Å². The summed E-state index contributed by atoms with van der Waals surface area (Å²) in [5, 5.41) is 0.142. The van der Waals surface area contributed by atoms with Gasteiger partial charge in [-0.2, -0.15) is 0 Å². The van der Waals surface area contributed by atoms with Crippen LogP contribution < -0.4 is 33.8 Å². The second-order valence-electron chi connectivity index (χ2n) is 9.71. The van der Waals surface area contributed by atoms with Crippen molar-refractivity contribution in [2.45, 2.75) is 26.8 Å². The summed E-state index contributed by atoms with van der Waals surface area (Å²) in [7, 11) is 3.90. The average molecular weight is 689 g/mol. The summed E-state index contributed by atoms with van der Waals surface area (Å²) in [6, 6.07) is 7.14. The molecule has 0 aliphatic carbocycles. The normalized spacial score (nSPS) is 14.1. The number of esters is 3. The third-order valence-corrected chi connectivity index (χ3v) is 8.05. The molecule has 13 nitrogen and oxygen atoms in total. The van der Waals surface area contributed by atoms with Gasteiger partial charge in [0, 0.05) is 0 Å². The molecular weight excluding hydrogens is 656 g/mol. The molecule has 47 heavy (non-hydrogen) atoms. The second kappa shape index (κ2) is 15.6. The molecule has 1 aliphatic heterocycles. The number of methoxy groups -OCH3 is 3. The Kier molecular flexibility index (Phi) is 11.7. The number of hydrogen-bond donors (Lipinski definition) is 0. The molecule has 1 aromatic heterocycles. The molecule has 0 fully saturated rings. The summed E-state index contributed by atoms with van der Waals surface area (Å²) in [6.07, 6.45) is 1.61. The van der Waals surface area contributed by atoms with E-state index in [1.165, 1.54) is 25.9 Å². The van der Waals surface area contributed by atoms with E-state index in [0.717, 1.165) is 11.3 Å². The maximum absolute atomic E-state index is 14.1. The third-order valence-electron chi connectivity index (χ3n) is 6.79. The number of aromatic nitrogens is 1. The predicted molar refractivity (Wildman–Crippen MR) is 171 cm³/mol. The first kappa shape index (κ1) is 35.0.